The normalized spacial score (nSPS) is 12.3. The first-order valence-corrected chi connectivity index (χ1v) is 11.5. The predicted molar refractivity (Wildman–Crippen MR) is 130 cm³/mol. The molecule has 0 aliphatic rings. The van der Waals surface area contributed by atoms with E-state index in [1.807, 2.05) is 43.3 Å². The van der Waals surface area contributed by atoms with Gasteiger partial charge in [0, 0.05) is 25.7 Å². The SMILES string of the molecule is C=CCC[C@H](O)CN(Cc1c(C)nn(-c2ccccc2)c1Oc1cccc(F)c1)CC(C)C. The van der Waals surface area contributed by atoms with Gasteiger partial charge in [0.25, 0.3) is 0 Å². The Labute approximate surface area is 196 Å². The van der Waals surface area contributed by atoms with Gasteiger partial charge in [0.05, 0.1) is 23.0 Å². The van der Waals surface area contributed by atoms with E-state index in [1.54, 1.807) is 16.8 Å². The second-order valence-electron chi connectivity index (χ2n) is 8.78. The molecule has 0 aliphatic heterocycles. The Morgan fingerprint density at radius 2 is 1.91 bits per heavy atom. The third-order valence-electron chi connectivity index (χ3n) is 5.33. The Balaban J connectivity index is 1.97. The van der Waals surface area contributed by atoms with Crippen LogP contribution < -0.4 is 4.74 Å². The van der Waals surface area contributed by atoms with E-state index >= 15 is 0 Å². The highest BCUT2D eigenvalue weighted by Crippen LogP contribution is 2.32. The third kappa shape index (κ3) is 7.01. The van der Waals surface area contributed by atoms with E-state index in [0.717, 1.165) is 29.9 Å². The number of hydrogen-bond acceptors (Lipinski definition) is 4. The van der Waals surface area contributed by atoms with Gasteiger partial charge in [0.15, 0.2) is 0 Å². The van der Waals surface area contributed by atoms with Crippen molar-refractivity contribution in [3.8, 4) is 17.3 Å². The van der Waals surface area contributed by atoms with Crippen LogP contribution in [0.4, 0.5) is 4.39 Å². The summed E-state index contributed by atoms with van der Waals surface area (Å²) in [6, 6.07) is 15.9. The molecule has 33 heavy (non-hydrogen) atoms. The van der Waals surface area contributed by atoms with Gasteiger partial charge >= 0.3 is 0 Å². The number of aliphatic hydroxyl groups excluding tert-OH is 1. The standard InChI is InChI=1S/C27H34FN3O2/c1-5-6-14-24(32)18-30(17-20(2)3)19-26-21(4)29-31(23-12-8-7-9-13-23)27(26)33-25-15-10-11-22(28)16-25/h5,7-13,15-16,20,24,32H,1,6,14,17-19H2,2-4H3/t24-/m0/s1. The maximum atomic E-state index is 13.9. The molecule has 1 N–H and O–H groups in total. The van der Waals surface area contributed by atoms with Crippen LogP contribution in [-0.2, 0) is 6.54 Å². The average Bonchev–Trinajstić information content (AvgIpc) is 3.07. The molecule has 5 nitrogen and oxygen atoms in total. The number of aliphatic hydroxyl groups is 1. The number of aromatic nitrogens is 2. The van der Waals surface area contributed by atoms with Crippen LogP contribution in [0.15, 0.2) is 67.3 Å². The lowest BCUT2D eigenvalue weighted by atomic mass is 10.1. The monoisotopic (exact) mass is 451 g/mol. The lowest BCUT2D eigenvalue weighted by Gasteiger charge is -2.27. The van der Waals surface area contributed by atoms with Crippen molar-refractivity contribution in [1.82, 2.24) is 14.7 Å². The molecular formula is C27H34FN3O2. The molecule has 0 saturated carbocycles. The molecule has 0 unspecified atom stereocenters. The van der Waals surface area contributed by atoms with Crippen LogP contribution in [0.2, 0.25) is 0 Å². The van der Waals surface area contributed by atoms with Crippen LogP contribution in [0.25, 0.3) is 5.69 Å². The fourth-order valence-electron chi connectivity index (χ4n) is 3.85. The molecule has 0 amide bonds. The second-order valence-corrected chi connectivity index (χ2v) is 8.78. The van der Waals surface area contributed by atoms with Crippen LogP contribution in [0.1, 0.15) is 37.9 Å². The first-order chi connectivity index (χ1) is 15.9. The maximum Gasteiger partial charge on any atom is 0.227 e. The number of rotatable bonds is 12. The zero-order chi connectivity index (χ0) is 23.8. The summed E-state index contributed by atoms with van der Waals surface area (Å²) in [5.41, 5.74) is 2.61. The first-order valence-electron chi connectivity index (χ1n) is 11.5. The minimum absolute atomic E-state index is 0.358. The summed E-state index contributed by atoms with van der Waals surface area (Å²) < 4.78 is 21.8. The first kappa shape index (κ1) is 24.7. The number of ether oxygens (including phenoxy) is 1. The molecule has 1 atom stereocenters. The van der Waals surface area contributed by atoms with E-state index in [4.69, 9.17) is 9.84 Å². The van der Waals surface area contributed by atoms with Gasteiger partial charge in [-0.2, -0.15) is 5.10 Å². The summed E-state index contributed by atoms with van der Waals surface area (Å²) in [4.78, 5) is 2.23. The van der Waals surface area contributed by atoms with Crippen molar-refractivity contribution < 1.29 is 14.2 Å². The van der Waals surface area contributed by atoms with Crippen LogP contribution in [-0.4, -0.2) is 39.0 Å². The highest BCUT2D eigenvalue weighted by Gasteiger charge is 2.23. The van der Waals surface area contributed by atoms with E-state index < -0.39 is 6.10 Å². The maximum absolute atomic E-state index is 13.9. The van der Waals surface area contributed by atoms with Crippen molar-refractivity contribution in [2.24, 2.45) is 5.92 Å². The predicted octanol–water partition coefficient (Wildman–Crippen LogP) is 5.90. The number of para-hydroxylation sites is 1. The molecule has 1 heterocycles. The van der Waals surface area contributed by atoms with Crippen LogP contribution in [0, 0.1) is 18.7 Å². The van der Waals surface area contributed by atoms with Crippen molar-refractivity contribution in [3.63, 3.8) is 0 Å². The van der Waals surface area contributed by atoms with E-state index in [1.165, 1.54) is 12.1 Å². The second kappa shape index (κ2) is 11.8. The zero-order valence-corrected chi connectivity index (χ0v) is 19.7. The van der Waals surface area contributed by atoms with Crippen molar-refractivity contribution in [2.45, 2.75) is 46.3 Å². The Hall–Kier alpha value is -2.96. The quantitative estimate of drug-likeness (QED) is 0.349. The molecular weight excluding hydrogens is 417 g/mol. The van der Waals surface area contributed by atoms with Gasteiger partial charge in [-0.3, -0.25) is 4.90 Å². The van der Waals surface area contributed by atoms with Crippen LogP contribution >= 0.6 is 0 Å². The minimum Gasteiger partial charge on any atom is -0.438 e. The Kier molecular flexibility index (Phi) is 8.80. The van der Waals surface area contributed by atoms with Crippen molar-refractivity contribution in [3.05, 3.63) is 84.3 Å². The summed E-state index contributed by atoms with van der Waals surface area (Å²) in [6.45, 7) is 11.9. The Morgan fingerprint density at radius 1 is 1.15 bits per heavy atom. The number of nitrogens with zero attached hydrogens (tertiary/aromatic N) is 3. The lowest BCUT2D eigenvalue weighted by Crippen LogP contribution is -2.35. The molecule has 0 radical (unpaired) electrons. The summed E-state index contributed by atoms with van der Waals surface area (Å²) >= 11 is 0. The van der Waals surface area contributed by atoms with Gasteiger partial charge < -0.3 is 9.84 Å². The highest BCUT2D eigenvalue weighted by atomic mass is 19.1. The summed E-state index contributed by atoms with van der Waals surface area (Å²) in [6.07, 6.45) is 2.83. The number of benzene rings is 2. The van der Waals surface area contributed by atoms with Gasteiger partial charge in [0.2, 0.25) is 5.88 Å². The van der Waals surface area contributed by atoms with Gasteiger partial charge in [-0.15, -0.1) is 6.58 Å². The fourth-order valence-corrected chi connectivity index (χ4v) is 3.85. The summed E-state index contributed by atoms with van der Waals surface area (Å²) in [7, 11) is 0. The molecule has 6 heteroatoms. The molecule has 3 rings (SSSR count). The Morgan fingerprint density at radius 3 is 2.58 bits per heavy atom. The molecule has 0 saturated heterocycles. The molecule has 0 bridgehead atoms. The van der Waals surface area contributed by atoms with E-state index in [9.17, 15) is 9.50 Å². The minimum atomic E-state index is -0.446. The number of allylic oxidation sites excluding steroid dienone is 1. The smallest absolute Gasteiger partial charge is 0.227 e. The number of hydrogen-bond donors (Lipinski definition) is 1. The van der Waals surface area contributed by atoms with Crippen molar-refractivity contribution >= 4 is 0 Å². The third-order valence-corrected chi connectivity index (χ3v) is 5.33. The van der Waals surface area contributed by atoms with Gasteiger partial charge in [-0.25, -0.2) is 9.07 Å². The highest BCUT2D eigenvalue weighted by molar-refractivity contribution is 5.43. The van der Waals surface area contributed by atoms with Crippen molar-refractivity contribution in [1.29, 1.82) is 0 Å². The van der Waals surface area contributed by atoms with E-state index in [-0.39, 0.29) is 5.82 Å². The zero-order valence-electron chi connectivity index (χ0n) is 19.7. The summed E-state index contributed by atoms with van der Waals surface area (Å²) in [5, 5.41) is 15.3. The fraction of sp³-hybridized carbons (Fsp3) is 0.370. The molecule has 0 spiro atoms. The topological polar surface area (TPSA) is 50.5 Å². The van der Waals surface area contributed by atoms with Crippen molar-refractivity contribution in [2.75, 3.05) is 13.1 Å². The van der Waals surface area contributed by atoms with Crippen LogP contribution in [0.5, 0.6) is 11.6 Å². The molecule has 0 aliphatic carbocycles. The van der Waals surface area contributed by atoms with Gasteiger partial charge in [0.1, 0.15) is 11.6 Å². The Bertz CT molecular complexity index is 1030. The lowest BCUT2D eigenvalue weighted by molar-refractivity contribution is 0.0952. The average molecular weight is 452 g/mol. The molecule has 0 fully saturated rings. The molecule has 176 valence electrons. The molecule has 3 aromatic rings. The number of aryl methyl sites for hydroxylation is 1. The largest absolute Gasteiger partial charge is 0.438 e. The van der Waals surface area contributed by atoms with Gasteiger partial charge in [-0.05, 0) is 49.9 Å². The summed E-state index contributed by atoms with van der Waals surface area (Å²) in [5.74, 6) is 1.03. The molecule has 2 aromatic carbocycles. The number of halogens is 1. The van der Waals surface area contributed by atoms with E-state index in [0.29, 0.717) is 37.1 Å². The van der Waals surface area contributed by atoms with Gasteiger partial charge in [-0.1, -0.05) is 44.2 Å². The molecule has 1 aromatic heterocycles. The van der Waals surface area contributed by atoms with E-state index in [2.05, 4.69) is 25.3 Å². The van der Waals surface area contributed by atoms with Crippen LogP contribution in [0.3, 0.4) is 0 Å².